The van der Waals surface area contributed by atoms with Crippen molar-refractivity contribution in [1.29, 1.82) is 0 Å². The Morgan fingerprint density at radius 2 is 0.507 bits per heavy atom. The third-order valence-electron chi connectivity index (χ3n) is 16.5. The monoisotopic (exact) mass is 2540 g/mol. The van der Waals surface area contributed by atoms with Crippen molar-refractivity contribution in [3.8, 4) is 11.1 Å². The zero-order chi connectivity index (χ0) is 102. The molecule has 6 rings (SSSR count). The molecule has 0 aliphatic carbocycles. The molecule has 2 aliphatic heterocycles. The van der Waals surface area contributed by atoms with E-state index < -0.39 is 329 Å². The third kappa shape index (κ3) is 65.0. The molecule has 0 unspecified atom stereocenters. The van der Waals surface area contributed by atoms with Gasteiger partial charge in [-0.1, -0.05) is 84.9 Å². The van der Waals surface area contributed by atoms with E-state index in [1.807, 2.05) is 10.6 Å². The van der Waals surface area contributed by atoms with Gasteiger partial charge in [-0.25, -0.2) is 58.6 Å². The number of nitrogens with one attached hydrogen (secondary N) is 4. The second-order valence-corrected chi connectivity index (χ2v) is 41.0. The molecule has 18 atom stereocenters. The molecular formula is C52H66N4Na14O64S14. The Kier molecular flexibility index (Phi) is 82.7. The van der Waals surface area contributed by atoms with Gasteiger partial charge in [0.15, 0.2) is 23.8 Å². The van der Waals surface area contributed by atoms with Gasteiger partial charge < -0.3 is 41.0 Å². The summed E-state index contributed by atoms with van der Waals surface area (Å²) < 4.78 is 549. The van der Waals surface area contributed by atoms with Gasteiger partial charge in [0, 0.05) is 451 Å². The molecular weight excluding hydrogens is 2480 g/mol. The van der Waals surface area contributed by atoms with Crippen molar-refractivity contribution < 1.29 is 279 Å². The number of carbonyl (C=O) groups excluding carboxylic acids is 4. The zero-order valence-corrected chi connectivity index (χ0v) is 118. The number of amides is 4. The second-order valence-electron chi connectivity index (χ2n) is 26.2. The van der Waals surface area contributed by atoms with Crippen LogP contribution in [0.3, 0.4) is 0 Å². The van der Waals surface area contributed by atoms with Gasteiger partial charge in [-0.05, 0) is 46.5 Å². The summed E-state index contributed by atoms with van der Waals surface area (Å²) in [5.41, 5.74) is -1.86. The molecule has 0 aromatic heterocycles. The normalized spacial score (nSPS) is 21.0. The van der Waals surface area contributed by atoms with E-state index in [1.165, 1.54) is 47.0 Å². The number of carbonyl (C=O) groups is 4. The molecule has 14 radical (unpaired) electrons. The van der Waals surface area contributed by atoms with Gasteiger partial charge in [0.1, 0.15) is 85.3 Å². The van der Waals surface area contributed by atoms with Crippen LogP contribution in [-0.2, 0) is 236 Å². The maximum atomic E-state index is 14.5. The van der Waals surface area contributed by atoms with Crippen LogP contribution in [0, 0.1) is 0 Å². The minimum atomic E-state index is -6.61. The Morgan fingerprint density at radius 1 is 0.284 bits per heavy atom. The van der Waals surface area contributed by atoms with Crippen molar-refractivity contribution in [2.75, 3.05) is 26.3 Å². The number of hydrogen-bond acceptors (Lipinski definition) is 50. The topological polar surface area (TPSA) is 1070 Å². The summed E-state index contributed by atoms with van der Waals surface area (Å²) in [6.45, 7) is -8.67. The van der Waals surface area contributed by atoms with Crippen molar-refractivity contribution >= 4 is 583 Å². The van der Waals surface area contributed by atoms with Crippen molar-refractivity contribution in [1.82, 2.24) is 21.3 Å². The van der Waals surface area contributed by atoms with Crippen LogP contribution in [0.1, 0.15) is 31.8 Å². The van der Waals surface area contributed by atoms with E-state index in [4.69, 9.17) is 26.9 Å². The predicted octanol–water partition coefficient (Wildman–Crippen LogP) is -15.0. The maximum Gasteiger partial charge on any atom is 0.398 e. The van der Waals surface area contributed by atoms with E-state index in [-0.39, 0.29) is 436 Å². The van der Waals surface area contributed by atoms with E-state index in [1.54, 1.807) is 0 Å². The molecule has 4 amide bonds. The number of ether oxygens (including phenoxy) is 2. The van der Waals surface area contributed by atoms with Crippen LogP contribution in [0.2, 0.25) is 0 Å². The molecule has 148 heavy (non-hydrogen) atoms. The first kappa shape index (κ1) is 172. The summed E-state index contributed by atoms with van der Waals surface area (Å²) in [6.07, 6.45) is -52.3. The van der Waals surface area contributed by atoms with Crippen LogP contribution < -0.4 is 21.3 Å². The Hall–Kier alpha value is 6.78. The number of rotatable bonds is 51. The second kappa shape index (κ2) is 71.0. The zero-order valence-electron chi connectivity index (χ0n) is 78.3. The summed E-state index contributed by atoms with van der Waals surface area (Å²) in [4.78, 5) is 57.5. The molecule has 20 N–H and O–H groups in total. The summed E-state index contributed by atoms with van der Waals surface area (Å²) in [6, 6.07) is 13.7. The van der Waals surface area contributed by atoms with E-state index in [2.05, 4.69) is 50.2 Å². The van der Waals surface area contributed by atoms with E-state index in [0.717, 1.165) is 72.8 Å². The van der Waals surface area contributed by atoms with Crippen LogP contribution in [-0.4, -0.2) is 765 Å². The van der Waals surface area contributed by atoms with Crippen molar-refractivity contribution in [2.24, 2.45) is 0 Å². The molecule has 2 fully saturated rings. The van der Waals surface area contributed by atoms with Crippen molar-refractivity contribution in [2.45, 2.75) is 122 Å². The van der Waals surface area contributed by atoms with Gasteiger partial charge >= 0.3 is 146 Å². The minimum absolute atomic E-state index is 0. The Balaban J connectivity index is -0.00000197. The van der Waals surface area contributed by atoms with Gasteiger partial charge in [-0.15, -0.1) is 0 Å². The molecule has 2 saturated heterocycles. The first-order chi connectivity index (χ1) is 60.4. The fraction of sp³-hybridized carbons (Fsp3) is 0.462. The number of hydrogen-bond donors (Lipinski definition) is 20. The summed E-state index contributed by atoms with van der Waals surface area (Å²) in [5, 5.41) is 32.1. The van der Waals surface area contributed by atoms with Gasteiger partial charge in [-0.2, -0.15) is 118 Å². The quantitative estimate of drug-likeness (QED) is 0.0144. The first-order valence-corrected chi connectivity index (χ1v) is 52.9. The number of aliphatic hydroxyl groups is 2. The van der Waals surface area contributed by atoms with E-state index in [9.17, 15) is 202 Å². The molecule has 0 saturated carbocycles. The maximum absolute atomic E-state index is 14.5. The molecule has 68 nitrogen and oxygen atoms in total. The van der Waals surface area contributed by atoms with E-state index in [0.29, 0.717) is 0 Å². The smallest absolute Gasteiger partial charge is 0.363 e. The van der Waals surface area contributed by atoms with Gasteiger partial charge in [-0.3, -0.25) is 82.9 Å². The van der Waals surface area contributed by atoms with Gasteiger partial charge in [0.05, 0.1) is 13.2 Å². The van der Waals surface area contributed by atoms with E-state index >= 15 is 0 Å². The average Bonchev–Trinajstić information content (AvgIpc) is 0.746. The first-order valence-electron chi connectivity index (χ1n) is 33.8. The standard InChI is InChI=1S/C52H66N4O64S14.14Na/c57-47(55-45-41(117-131(93,94)95)35(111-125(75,76)77)31(107-51(45,61)19-25-7-3-1-4-8-25)21-53-49(59)43(119-133(99,100)101)39(115-129(87,88)89)37(113-127(81,82)83)33(109-123(69,70)71)23-105-121(63,64)65)29-15-11-27(12-16-29)28-13-17-30(18-14-28)48(58)56-46-42(118-132(96,97)98)36(112-126(78,79)80)32(108-52(46,62)20-26-9-5-2-6-10-26)22-54-50(60)44(120-134(102,103)104)40(116-130(90,91)92)38(114-128(84,85)86)34(110-124(72,73)74)24-106-122(66,67)68;;;;;;;;;;;;;;/h1-18,31-46,61-62H,19-24H2,(H,53,59)(H,54,60)(H,55,57)(H,56,58)(H,63,64,65)(H,66,67,68)(H,69,70,71)(H,72,73,74)(H,75,76,77)(H,78,79,80)(H,81,82,83)(H,84,85,86)(H,87,88,89)(H,90,91,92)(H,93,94,95)(H,96,97,98)(H,99,100,101)(H,102,103,104);;;;;;;;;;;;;;/t31-,32-,33-,34-,35-,36-,37-,38-,39+,40+,41+,42+,43-,44-,45-,46-,51+,52+;;;;;;;;;;;;;;/m1............../s1. The Bertz CT molecular complexity index is 6300. The molecule has 4 aromatic rings. The Labute approximate surface area is 1150 Å². The summed E-state index contributed by atoms with van der Waals surface area (Å²) in [5.74, 6) is -15.6. The molecule has 776 valence electrons. The average molecular weight is 2540 g/mol. The minimum Gasteiger partial charge on any atom is -0.363 e. The third-order valence-corrected chi connectivity index (χ3v) is 23.0. The predicted molar refractivity (Wildman–Crippen MR) is 493 cm³/mol. The van der Waals surface area contributed by atoms with Gasteiger partial charge in [0.2, 0.25) is 0 Å². The Morgan fingerprint density at radius 3 is 0.723 bits per heavy atom. The van der Waals surface area contributed by atoms with Gasteiger partial charge in [0.25, 0.3) is 23.6 Å². The van der Waals surface area contributed by atoms with Crippen LogP contribution in [0.4, 0.5) is 0 Å². The fourth-order valence-electron chi connectivity index (χ4n) is 12.1. The summed E-state index contributed by atoms with van der Waals surface area (Å²) >= 11 is 0. The van der Waals surface area contributed by atoms with Crippen molar-refractivity contribution in [3.05, 3.63) is 131 Å². The van der Waals surface area contributed by atoms with Crippen LogP contribution in [0.25, 0.3) is 11.1 Å². The number of benzene rings is 4. The fourth-order valence-corrected chi connectivity index (χ4v) is 18.6. The molecule has 2 aliphatic rings. The molecule has 0 bridgehead atoms. The van der Waals surface area contributed by atoms with Crippen LogP contribution in [0.5, 0.6) is 0 Å². The van der Waals surface area contributed by atoms with Crippen LogP contribution >= 0.6 is 0 Å². The molecule has 2 heterocycles. The SMILES string of the molecule is O=C(N[C@@H]1[C@@H](OS(=O)(=O)O)[C@H](OS(=O)(=O)O)[C@@H](CNC(=O)[C@H](OS(=O)(=O)O)[C@@H](OS(=O)(=O)O)[C@H](OS(=O)(=O)O)[C@@H](COS(=O)(=O)O)OS(=O)(=O)O)O[C@@]1(O)Cc1ccccc1)c1ccc(-c2ccc(C(=O)N[C@@H]3[C@@H](OS(=O)(=O)O)[C@H](OS(=O)(=O)O)[C@@H](CNC(=O)[C@H](OS(=O)(=O)O)[C@@H](OS(=O)(=O)O)[C@H](OS(=O)(=O)O)[C@@H](COS(=O)(=O)O)OS(=O)(=O)O)O[C@@]3(O)Cc3ccccc3)cc2)cc1.[Na].[Na].[Na].[Na].[Na].[Na].[Na].[Na].[Na].[Na].[Na].[Na].[Na].[Na]. The largest absolute Gasteiger partial charge is 0.398 e. The summed E-state index contributed by atoms with van der Waals surface area (Å²) in [7, 11) is -89.3. The van der Waals surface area contributed by atoms with Crippen LogP contribution in [0.15, 0.2) is 109 Å². The molecule has 96 heteroatoms. The molecule has 0 spiro atoms. The molecule has 4 aromatic carbocycles. The van der Waals surface area contributed by atoms with Crippen molar-refractivity contribution in [3.63, 3.8) is 0 Å².